The van der Waals surface area contributed by atoms with Gasteiger partial charge in [0.25, 0.3) is 0 Å². The summed E-state index contributed by atoms with van der Waals surface area (Å²) >= 11 is 1.93. The number of hydrogen-bond donors (Lipinski definition) is 0. The van der Waals surface area contributed by atoms with Gasteiger partial charge < -0.3 is 9.31 Å². The molecule has 2 aliphatic heterocycles. The molecule has 0 aromatic carbocycles. The largest absolute Gasteiger partial charge is 0.498 e. The molecule has 1 saturated heterocycles. The minimum absolute atomic E-state index is 0.286. The summed E-state index contributed by atoms with van der Waals surface area (Å²) in [6.45, 7) is 16.5. The van der Waals surface area contributed by atoms with Crippen molar-refractivity contribution in [2.45, 2.75) is 76.8 Å². The first-order chi connectivity index (χ1) is 10.5. The molecule has 4 nitrogen and oxygen atoms in total. The second-order valence-electron chi connectivity index (χ2n) is 8.79. The first kappa shape index (κ1) is 17.6. The van der Waals surface area contributed by atoms with Crippen LogP contribution in [-0.4, -0.2) is 47.7 Å². The number of rotatable bonds is 3. The highest BCUT2D eigenvalue weighted by molar-refractivity contribution is 7.99. The Morgan fingerprint density at radius 2 is 1.74 bits per heavy atom. The minimum atomic E-state index is -1.56. The maximum absolute atomic E-state index is 6.38. The fourth-order valence-electron chi connectivity index (χ4n) is 3.27. The van der Waals surface area contributed by atoms with Crippen molar-refractivity contribution in [2.24, 2.45) is 0 Å². The summed E-state index contributed by atoms with van der Waals surface area (Å²) < 4.78 is 15.0. The molecule has 0 bridgehead atoms. The Labute approximate surface area is 145 Å². The Morgan fingerprint density at radius 3 is 2.22 bits per heavy atom. The SMILES string of the molecule is CS[C@@H]1Cc2c(B3OC(C)(C)C(C)(C)O3)c([Si](C)(C)C)nn2C1. The maximum Gasteiger partial charge on any atom is 0.498 e. The van der Waals surface area contributed by atoms with E-state index in [2.05, 4.69) is 58.3 Å². The lowest BCUT2D eigenvalue weighted by Gasteiger charge is -2.32. The third-order valence-electron chi connectivity index (χ3n) is 5.43. The van der Waals surface area contributed by atoms with Crippen LogP contribution in [0.4, 0.5) is 0 Å². The molecule has 0 amide bonds. The van der Waals surface area contributed by atoms with E-state index in [1.54, 1.807) is 0 Å². The molecule has 0 spiro atoms. The molecule has 0 radical (unpaired) electrons. The van der Waals surface area contributed by atoms with Gasteiger partial charge in [-0.2, -0.15) is 16.9 Å². The van der Waals surface area contributed by atoms with Gasteiger partial charge in [-0.25, -0.2) is 0 Å². The molecule has 2 aliphatic rings. The van der Waals surface area contributed by atoms with Crippen molar-refractivity contribution >= 4 is 37.7 Å². The second kappa shape index (κ2) is 5.38. The summed E-state index contributed by atoms with van der Waals surface area (Å²) in [6.07, 6.45) is 3.25. The zero-order chi connectivity index (χ0) is 17.2. The minimum Gasteiger partial charge on any atom is -0.399 e. The first-order valence-electron chi connectivity index (χ1n) is 8.45. The predicted molar refractivity (Wildman–Crippen MR) is 102 cm³/mol. The molecule has 0 N–H and O–H groups in total. The molecule has 0 unspecified atom stereocenters. The van der Waals surface area contributed by atoms with E-state index in [0.29, 0.717) is 5.25 Å². The van der Waals surface area contributed by atoms with Crippen LogP contribution >= 0.6 is 11.8 Å². The lowest BCUT2D eigenvalue weighted by molar-refractivity contribution is 0.00578. The van der Waals surface area contributed by atoms with Crippen LogP contribution < -0.4 is 10.8 Å². The van der Waals surface area contributed by atoms with Gasteiger partial charge in [0, 0.05) is 28.1 Å². The van der Waals surface area contributed by atoms with Crippen LogP contribution in [0.3, 0.4) is 0 Å². The number of fused-ring (bicyclic) bond motifs is 1. The van der Waals surface area contributed by atoms with Crippen LogP contribution in [0.25, 0.3) is 0 Å². The molecule has 1 aromatic heterocycles. The van der Waals surface area contributed by atoms with Crippen molar-refractivity contribution in [3.63, 3.8) is 0 Å². The van der Waals surface area contributed by atoms with E-state index in [9.17, 15) is 0 Å². The molecule has 1 atom stereocenters. The zero-order valence-electron chi connectivity index (χ0n) is 15.7. The summed E-state index contributed by atoms with van der Waals surface area (Å²) in [7, 11) is -1.85. The Morgan fingerprint density at radius 1 is 1.17 bits per heavy atom. The molecule has 23 heavy (non-hydrogen) atoms. The van der Waals surface area contributed by atoms with E-state index >= 15 is 0 Å². The van der Waals surface area contributed by atoms with Crippen molar-refractivity contribution in [3.05, 3.63) is 5.69 Å². The summed E-state index contributed by atoms with van der Waals surface area (Å²) in [6, 6.07) is 0. The summed E-state index contributed by atoms with van der Waals surface area (Å²) in [4.78, 5) is 0. The first-order valence-corrected chi connectivity index (χ1v) is 13.2. The Balaban J connectivity index is 2.05. The van der Waals surface area contributed by atoms with E-state index in [4.69, 9.17) is 14.4 Å². The molecular weight excluding hydrogens is 323 g/mol. The van der Waals surface area contributed by atoms with Crippen LogP contribution in [0.2, 0.25) is 19.6 Å². The van der Waals surface area contributed by atoms with E-state index in [-0.39, 0.29) is 18.3 Å². The summed E-state index contributed by atoms with van der Waals surface area (Å²) in [5.74, 6) is 0. The molecule has 0 aliphatic carbocycles. The van der Waals surface area contributed by atoms with Crippen LogP contribution in [0, 0.1) is 0 Å². The van der Waals surface area contributed by atoms with Gasteiger partial charge in [-0.15, -0.1) is 0 Å². The molecule has 0 saturated carbocycles. The summed E-state index contributed by atoms with van der Waals surface area (Å²) in [5, 5.41) is 6.88. The van der Waals surface area contributed by atoms with Gasteiger partial charge in [0.05, 0.1) is 17.7 Å². The Kier molecular flexibility index (Phi) is 4.11. The molecule has 1 fully saturated rings. The van der Waals surface area contributed by atoms with Crippen LogP contribution in [0.15, 0.2) is 0 Å². The second-order valence-corrected chi connectivity index (χ2v) is 14.9. The van der Waals surface area contributed by atoms with Crippen molar-refractivity contribution in [1.82, 2.24) is 9.78 Å². The van der Waals surface area contributed by atoms with Gasteiger partial charge in [0.2, 0.25) is 0 Å². The molecular formula is C16H29BN2O2SSi. The van der Waals surface area contributed by atoms with Gasteiger partial charge in [0.15, 0.2) is 0 Å². The highest BCUT2D eigenvalue weighted by atomic mass is 32.2. The smallest absolute Gasteiger partial charge is 0.399 e. The van der Waals surface area contributed by atoms with Gasteiger partial charge in [-0.05, 0) is 34.0 Å². The maximum atomic E-state index is 6.38. The van der Waals surface area contributed by atoms with Crippen LogP contribution in [0.1, 0.15) is 33.4 Å². The fourth-order valence-corrected chi connectivity index (χ4v) is 5.38. The van der Waals surface area contributed by atoms with Crippen molar-refractivity contribution in [1.29, 1.82) is 0 Å². The molecule has 7 heteroatoms. The van der Waals surface area contributed by atoms with Gasteiger partial charge >= 0.3 is 7.12 Å². The lowest BCUT2D eigenvalue weighted by Crippen LogP contribution is -2.54. The molecule has 128 valence electrons. The Hall–Kier alpha value is -0.238. The van der Waals surface area contributed by atoms with Crippen molar-refractivity contribution < 1.29 is 9.31 Å². The van der Waals surface area contributed by atoms with Gasteiger partial charge in [0.1, 0.15) is 8.07 Å². The summed E-state index contributed by atoms with van der Waals surface area (Å²) in [5.41, 5.74) is 1.96. The predicted octanol–water partition coefficient (Wildman–Crippen LogP) is 2.02. The van der Waals surface area contributed by atoms with Crippen molar-refractivity contribution in [2.75, 3.05) is 6.26 Å². The van der Waals surface area contributed by atoms with E-state index in [1.807, 2.05) is 11.8 Å². The fraction of sp³-hybridized carbons (Fsp3) is 0.812. The quantitative estimate of drug-likeness (QED) is 0.780. The lowest BCUT2D eigenvalue weighted by atomic mass is 9.78. The third-order valence-corrected chi connectivity index (χ3v) is 8.20. The number of nitrogens with zero attached hydrogens (tertiary/aromatic N) is 2. The normalized spacial score (nSPS) is 25.9. The number of aromatic nitrogens is 2. The average molecular weight is 352 g/mol. The zero-order valence-corrected chi connectivity index (χ0v) is 17.5. The highest BCUT2D eigenvalue weighted by Gasteiger charge is 2.54. The highest BCUT2D eigenvalue weighted by Crippen LogP contribution is 2.37. The number of hydrogen-bond acceptors (Lipinski definition) is 4. The van der Waals surface area contributed by atoms with Gasteiger partial charge in [-0.3, -0.25) is 4.68 Å². The van der Waals surface area contributed by atoms with E-state index in [1.165, 1.54) is 16.5 Å². The topological polar surface area (TPSA) is 36.3 Å². The molecule has 1 aromatic rings. The Bertz CT molecular complexity index is 608. The average Bonchev–Trinajstić information content (AvgIpc) is 2.97. The van der Waals surface area contributed by atoms with E-state index in [0.717, 1.165) is 13.0 Å². The van der Waals surface area contributed by atoms with Crippen LogP contribution in [0.5, 0.6) is 0 Å². The third kappa shape index (κ3) is 2.83. The molecule has 3 heterocycles. The van der Waals surface area contributed by atoms with Gasteiger partial charge in [-0.1, -0.05) is 19.6 Å². The standard InChI is InChI=1S/C16H29BN2O2SSi/c1-15(2)16(3,4)21-17(20-15)13-12-9-11(22-5)10-19(12)18-14(13)23(6,7)8/h11H,9-10H2,1-8H3/t11-/m1/s1. The number of thioether (sulfide) groups is 1. The van der Waals surface area contributed by atoms with Crippen LogP contribution in [-0.2, 0) is 22.3 Å². The molecule has 3 rings (SSSR count). The van der Waals surface area contributed by atoms with E-state index < -0.39 is 8.07 Å². The van der Waals surface area contributed by atoms with Crippen molar-refractivity contribution in [3.8, 4) is 0 Å². The monoisotopic (exact) mass is 352 g/mol.